The van der Waals surface area contributed by atoms with Gasteiger partial charge in [-0.2, -0.15) is 0 Å². The van der Waals surface area contributed by atoms with Crippen LogP contribution >= 0.6 is 11.3 Å². The number of aryl methyl sites for hydroxylation is 3. The molecule has 17 heavy (non-hydrogen) atoms. The van der Waals surface area contributed by atoms with Crippen LogP contribution in [0.4, 0.5) is 0 Å². The maximum atomic E-state index is 6.21. The van der Waals surface area contributed by atoms with E-state index in [9.17, 15) is 0 Å². The summed E-state index contributed by atoms with van der Waals surface area (Å²) in [6.45, 7) is 6.01. The van der Waals surface area contributed by atoms with Crippen LogP contribution < -0.4 is 5.73 Å². The van der Waals surface area contributed by atoms with Crippen molar-refractivity contribution in [2.75, 3.05) is 0 Å². The average Bonchev–Trinajstić information content (AvgIpc) is 2.63. The third-order valence-corrected chi connectivity index (χ3v) is 3.72. The van der Waals surface area contributed by atoms with E-state index in [2.05, 4.69) is 21.4 Å². The first-order chi connectivity index (χ1) is 8.06. The van der Waals surface area contributed by atoms with Gasteiger partial charge in [0.05, 0.1) is 5.01 Å². The molecule has 0 bridgehead atoms. The Hall–Kier alpha value is -1.26. The Labute approximate surface area is 106 Å². The zero-order valence-corrected chi connectivity index (χ0v) is 11.2. The van der Waals surface area contributed by atoms with Crippen molar-refractivity contribution >= 4 is 11.3 Å². The van der Waals surface area contributed by atoms with Crippen molar-refractivity contribution < 1.29 is 0 Å². The Balaban J connectivity index is 2.17. The Bertz CT molecular complexity index is 519. The molecular formula is C13H17N3S. The molecule has 3 nitrogen and oxygen atoms in total. The normalized spacial score (nSPS) is 12.7. The molecule has 0 fully saturated rings. The topological polar surface area (TPSA) is 51.8 Å². The fraction of sp³-hybridized carbons (Fsp3) is 0.385. The summed E-state index contributed by atoms with van der Waals surface area (Å²) >= 11 is 1.67. The zero-order valence-electron chi connectivity index (χ0n) is 10.4. The summed E-state index contributed by atoms with van der Waals surface area (Å²) in [6.07, 6.45) is 0.782. The van der Waals surface area contributed by atoms with E-state index in [-0.39, 0.29) is 6.04 Å². The molecule has 0 amide bonds. The van der Waals surface area contributed by atoms with Gasteiger partial charge in [0, 0.05) is 34.9 Å². The van der Waals surface area contributed by atoms with Gasteiger partial charge in [0.15, 0.2) is 0 Å². The lowest BCUT2D eigenvalue weighted by Gasteiger charge is -2.13. The SMILES string of the molecule is Cc1csc(CC(N)c2ccc(C)nc2C)n1. The van der Waals surface area contributed by atoms with Gasteiger partial charge in [-0.25, -0.2) is 4.98 Å². The second-order valence-corrected chi connectivity index (χ2v) is 5.26. The van der Waals surface area contributed by atoms with Crippen LogP contribution in [0.2, 0.25) is 0 Å². The predicted molar refractivity (Wildman–Crippen MR) is 71.2 cm³/mol. The quantitative estimate of drug-likeness (QED) is 0.907. The first-order valence-corrected chi connectivity index (χ1v) is 6.55. The molecule has 1 atom stereocenters. The number of pyridine rings is 1. The van der Waals surface area contributed by atoms with E-state index in [1.165, 1.54) is 0 Å². The van der Waals surface area contributed by atoms with E-state index in [4.69, 9.17) is 5.73 Å². The summed E-state index contributed by atoms with van der Waals surface area (Å²) in [6, 6.07) is 4.06. The number of nitrogens with two attached hydrogens (primary N) is 1. The van der Waals surface area contributed by atoms with Crippen molar-refractivity contribution in [1.29, 1.82) is 0 Å². The highest BCUT2D eigenvalue weighted by Crippen LogP contribution is 2.20. The van der Waals surface area contributed by atoms with Crippen molar-refractivity contribution in [1.82, 2.24) is 9.97 Å². The van der Waals surface area contributed by atoms with Gasteiger partial charge in [0.25, 0.3) is 0 Å². The lowest BCUT2D eigenvalue weighted by molar-refractivity contribution is 0.705. The Morgan fingerprint density at radius 1 is 1.18 bits per heavy atom. The Kier molecular flexibility index (Phi) is 3.54. The van der Waals surface area contributed by atoms with Crippen molar-refractivity contribution in [3.05, 3.63) is 45.2 Å². The van der Waals surface area contributed by atoms with Crippen LogP contribution in [0.5, 0.6) is 0 Å². The van der Waals surface area contributed by atoms with Crippen LogP contribution in [0, 0.1) is 20.8 Å². The third-order valence-electron chi connectivity index (χ3n) is 2.73. The first kappa shape index (κ1) is 12.2. The van der Waals surface area contributed by atoms with Crippen LogP contribution in [0.25, 0.3) is 0 Å². The second-order valence-electron chi connectivity index (χ2n) is 4.32. The minimum atomic E-state index is -0.0198. The van der Waals surface area contributed by atoms with Gasteiger partial charge in [0.1, 0.15) is 0 Å². The number of hydrogen-bond acceptors (Lipinski definition) is 4. The van der Waals surface area contributed by atoms with Gasteiger partial charge < -0.3 is 5.73 Å². The van der Waals surface area contributed by atoms with Crippen LogP contribution in [0.1, 0.15) is 33.7 Å². The minimum absolute atomic E-state index is 0.0198. The maximum Gasteiger partial charge on any atom is 0.0947 e. The lowest BCUT2D eigenvalue weighted by atomic mass is 10.0. The van der Waals surface area contributed by atoms with E-state index in [0.717, 1.165) is 34.1 Å². The second kappa shape index (κ2) is 4.94. The smallest absolute Gasteiger partial charge is 0.0947 e. The fourth-order valence-electron chi connectivity index (χ4n) is 1.88. The van der Waals surface area contributed by atoms with E-state index < -0.39 is 0 Å². The summed E-state index contributed by atoms with van der Waals surface area (Å²) < 4.78 is 0. The van der Waals surface area contributed by atoms with Crippen LogP contribution in [0.3, 0.4) is 0 Å². The van der Waals surface area contributed by atoms with Gasteiger partial charge in [-0.1, -0.05) is 6.07 Å². The van der Waals surface area contributed by atoms with Gasteiger partial charge in [-0.15, -0.1) is 11.3 Å². The van der Waals surface area contributed by atoms with Gasteiger partial charge in [-0.05, 0) is 32.4 Å². The van der Waals surface area contributed by atoms with E-state index in [1.54, 1.807) is 11.3 Å². The predicted octanol–water partition coefficient (Wildman–Crippen LogP) is 2.71. The molecule has 1 unspecified atom stereocenters. The molecule has 0 radical (unpaired) electrons. The molecule has 0 aliphatic rings. The highest BCUT2D eigenvalue weighted by Gasteiger charge is 2.12. The molecule has 2 aromatic rings. The van der Waals surface area contributed by atoms with E-state index >= 15 is 0 Å². The van der Waals surface area contributed by atoms with E-state index in [0.29, 0.717) is 0 Å². The molecule has 0 spiro atoms. The molecule has 90 valence electrons. The summed E-state index contributed by atoms with van der Waals surface area (Å²) in [4.78, 5) is 8.89. The highest BCUT2D eigenvalue weighted by molar-refractivity contribution is 7.09. The monoisotopic (exact) mass is 247 g/mol. The third kappa shape index (κ3) is 2.90. The summed E-state index contributed by atoms with van der Waals surface area (Å²) in [5, 5.41) is 3.15. The minimum Gasteiger partial charge on any atom is -0.324 e. The van der Waals surface area contributed by atoms with E-state index in [1.807, 2.05) is 26.8 Å². The van der Waals surface area contributed by atoms with Crippen molar-refractivity contribution in [2.45, 2.75) is 33.2 Å². The van der Waals surface area contributed by atoms with Gasteiger partial charge in [0.2, 0.25) is 0 Å². The highest BCUT2D eigenvalue weighted by atomic mass is 32.1. The molecule has 2 aromatic heterocycles. The largest absolute Gasteiger partial charge is 0.324 e. The summed E-state index contributed by atoms with van der Waals surface area (Å²) in [5.74, 6) is 0. The zero-order chi connectivity index (χ0) is 12.4. The lowest BCUT2D eigenvalue weighted by Crippen LogP contribution is -2.15. The number of hydrogen-bond donors (Lipinski definition) is 1. The molecule has 0 aliphatic carbocycles. The molecule has 2 N–H and O–H groups in total. The number of thiazole rings is 1. The van der Waals surface area contributed by atoms with Crippen LogP contribution in [-0.4, -0.2) is 9.97 Å². The molecule has 0 aliphatic heterocycles. The van der Waals surface area contributed by atoms with Crippen molar-refractivity contribution in [2.24, 2.45) is 5.73 Å². The van der Waals surface area contributed by atoms with Crippen molar-refractivity contribution in [3.8, 4) is 0 Å². The summed E-state index contributed by atoms with van der Waals surface area (Å²) in [7, 11) is 0. The number of nitrogens with zero attached hydrogens (tertiary/aromatic N) is 2. The van der Waals surface area contributed by atoms with Gasteiger partial charge in [-0.3, -0.25) is 4.98 Å². The molecular weight excluding hydrogens is 230 g/mol. The number of rotatable bonds is 3. The molecule has 0 saturated carbocycles. The molecule has 4 heteroatoms. The van der Waals surface area contributed by atoms with Crippen molar-refractivity contribution in [3.63, 3.8) is 0 Å². The first-order valence-electron chi connectivity index (χ1n) is 5.67. The molecule has 2 rings (SSSR count). The molecule has 2 heterocycles. The van der Waals surface area contributed by atoms with Gasteiger partial charge >= 0.3 is 0 Å². The molecule has 0 aromatic carbocycles. The molecule has 0 saturated heterocycles. The van der Waals surface area contributed by atoms with Crippen LogP contribution in [0.15, 0.2) is 17.5 Å². The number of aromatic nitrogens is 2. The standard InChI is InChI=1S/C13H17N3S/c1-8-4-5-11(10(3)15-8)12(14)6-13-16-9(2)7-17-13/h4-5,7,12H,6,14H2,1-3H3. The summed E-state index contributed by atoms with van der Waals surface area (Å²) in [5.41, 5.74) is 10.4. The maximum absolute atomic E-state index is 6.21. The fourth-order valence-corrected chi connectivity index (χ4v) is 2.72. The Morgan fingerprint density at radius 3 is 2.53 bits per heavy atom. The van der Waals surface area contributed by atoms with Crippen LogP contribution in [-0.2, 0) is 6.42 Å². The Morgan fingerprint density at radius 2 is 1.94 bits per heavy atom. The average molecular weight is 247 g/mol.